The first kappa shape index (κ1) is 15.0. The second kappa shape index (κ2) is 6.05. The number of rotatable bonds is 2. The molecule has 0 amide bonds. The minimum atomic E-state index is -0.369. The summed E-state index contributed by atoms with van der Waals surface area (Å²) in [7, 11) is 0. The minimum Gasteiger partial charge on any atom is -0.486 e. The lowest BCUT2D eigenvalue weighted by atomic mass is 9.99. The topological polar surface area (TPSA) is 44.5 Å². The van der Waals surface area contributed by atoms with Crippen molar-refractivity contribution in [2.24, 2.45) is 5.73 Å². The van der Waals surface area contributed by atoms with E-state index >= 15 is 0 Å². The molecule has 110 valence electrons. The van der Waals surface area contributed by atoms with Crippen molar-refractivity contribution in [2.75, 3.05) is 13.2 Å². The van der Waals surface area contributed by atoms with Gasteiger partial charge in [-0.15, -0.1) is 0 Å². The Morgan fingerprint density at radius 1 is 0.952 bits per heavy atom. The van der Waals surface area contributed by atoms with Crippen LogP contribution < -0.4 is 15.2 Å². The number of nitrogens with two attached hydrogens (primary N) is 1. The van der Waals surface area contributed by atoms with E-state index in [-0.39, 0.29) is 6.04 Å². The van der Waals surface area contributed by atoms with Gasteiger partial charge in [0.25, 0.3) is 0 Å². The van der Waals surface area contributed by atoms with E-state index in [1.807, 2.05) is 12.1 Å². The molecule has 2 aromatic rings. The highest BCUT2D eigenvalue weighted by atomic mass is 79.9. The van der Waals surface area contributed by atoms with E-state index in [1.165, 1.54) is 0 Å². The highest BCUT2D eigenvalue weighted by Gasteiger charge is 2.19. The molecule has 0 radical (unpaired) electrons. The summed E-state index contributed by atoms with van der Waals surface area (Å²) in [5, 5.41) is 1.11. The van der Waals surface area contributed by atoms with E-state index in [4.69, 9.17) is 38.4 Å². The molecule has 0 saturated carbocycles. The Hall–Kier alpha value is -0.940. The van der Waals surface area contributed by atoms with Gasteiger partial charge < -0.3 is 15.2 Å². The summed E-state index contributed by atoms with van der Waals surface area (Å²) in [4.78, 5) is 0. The van der Waals surface area contributed by atoms with Crippen molar-refractivity contribution in [1.82, 2.24) is 0 Å². The van der Waals surface area contributed by atoms with E-state index < -0.39 is 0 Å². The Balaban J connectivity index is 2.02. The zero-order valence-corrected chi connectivity index (χ0v) is 14.0. The van der Waals surface area contributed by atoms with Crippen LogP contribution in [0.15, 0.2) is 34.8 Å². The lowest BCUT2D eigenvalue weighted by Gasteiger charge is -2.22. The molecule has 1 atom stereocenters. The summed E-state index contributed by atoms with van der Waals surface area (Å²) in [6.07, 6.45) is 0. The Morgan fingerprint density at radius 3 is 2.14 bits per heavy atom. The summed E-state index contributed by atoms with van der Waals surface area (Å²) in [5.41, 5.74) is 8.07. The molecule has 1 unspecified atom stereocenters. The first-order valence-electron chi connectivity index (χ1n) is 6.35. The third-order valence-corrected chi connectivity index (χ3v) is 4.36. The molecule has 6 heteroatoms. The third-order valence-electron chi connectivity index (χ3n) is 3.24. The Labute approximate surface area is 141 Å². The number of fused-ring (bicyclic) bond motifs is 1. The lowest BCUT2D eigenvalue weighted by molar-refractivity contribution is 0.171. The van der Waals surface area contributed by atoms with Crippen LogP contribution in [0.2, 0.25) is 10.0 Å². The predicted octanol–water partition coefficient (Wildman–Crippen LogP) is 4.58. The van der Waals surface area contributed by atoms with Gasteiger partial charge in [-0.05, 0) is 41.5 Å². The molecule has 0 fully saturated rings. The molecule has 21 heavy (non-hydrogen) atoms. The average Bonchev–Trinajstić information content (AvgIpc) is 2.44. The van der Waals surface area contributed by atoms with Crippen LogP contribution in [0.25, 0.3) is 0 Å². The van der Waals surface area contributed by atoms with Gasteiger partial charge in [-0.2, -0.15) is 0 Å². The van der Waals surface area contributed by atoms with Crippen molar-refractivity contribution in [3.63, 3.8) is 0 Å². The molecule has 2 N–H and O–H groups in total. The molecule has 0 spiro atoms. The van der Waals surface area contributed by atoms with Gasteiger partial charge >= 0.3 is 0 Å². The van der Waals surface area contributed by atoms with E-state index in [1.54, 1.807) is 18.2 Å². The van der Waals surface area contributed by atoms with Gasteiger partial charge in [0.2, 0.25) is 0 Å². The highest BCUT2D eigenvalue weighted by Crippen LogP contribution is 2.39. The third kappa shape index (κ3) is 3.14. The summed E-state index contributed by atoms with van der Waals surface area (Å²) in [6, 6.07) is 8.68. The molecule has 1 aliphatic rings. The van der Waals surface area contributed by atoms with Crippen molar-refractivity contribution < 1.29 is 9.47 Å². The normalized spacial score (nSPS) is 14.9. The molecule has 0 aliphatic carbocycles. The summed E-state index contributed by atoms with van der Waals surface area (Å²) in [5.74, 6) is 1.41. The first-order chi connectivity index (χ1) is 10.0. The SMILES string of the molecule is NC(c1cc(Cl)cc(Cl)c1)c1cc2c(cc1Br)OCCO2. The minimum absolute atomic E-state index is 0.369. The van der Waals surface area contributed by atoms with Crippen molar-refractivity contribution >= 4 is 39.1 Å². The van der Waals surface area contributed by atoms with Crippen molar-refractivity contribution in [3.05, 3.63) is 56.0 Å². The van der Waals surface area contributed by atoms with E-state index in [9.17, 15) is 0 Å². The first-order valence-corrected chi connectivity index (χ1v) is 7.90. The van der Waals surface area contributed by atoms with Gasteiger partial charge in [0.05, 0.1) is 6.04 Å². The van der Waals surface area contributed by atoms with Crippen LogP contribution in [0.5, 0.6) is 11.5 Å². The smallest absolute Gasteiger partial charge is 0.162 e. The summed E-state index contributed by atoms with van der Waals surface area (Å²) in [6.45, 7) is 1.08. The lowest BCUT2D eigenvalue weighted by Crippen LogP contribution is -2.17. The van der Waals surface area contributed by atoms with Crippen LogP contribution in [0.1, 0.15) is 17.2 Å². The number of hydrogen-bond donors (Lipinski definition) is 1. The quantitative estimate of drug-likeness (QED) is 0.819. The fourth-order valence-corrected chi connectivity index (χ4v) is 3.36. The number of ether oxygens (including phenoxy) is 2. The van der Waals surface area contributed by atoms with Gasteiger partial charge in [-0.3, -0.25) is 0 Å². The molecular formula is C15H12BrCl2NO2. The largest absolute Gasteiger partial charge is 0.486 e. The van der Waals surface area contributed by atoms with Crippen molar-refractivity contribution in [2.45, 2.75) is 6.04 Å². The van der Waals surface area contributed by atoms with E-state index in [2.05, 4.69) is 15.9 Å². The maximum Gasteiger partial charge on any atom is 0.162 e. The Kier molecular flexibility index (Phi) is 4.31. The Morgan fingerprint density at radius 2 is 1.52 bits per heavy atom. The molecule has 3 nitrogen and oxygen atoms in total. The maximum atomic E-state index is 6.34. The zero-order valence-electron chi connectivity index (χ0n) is 10.9. The molecular weight excluding hydrogens is 377 g/mol. The van der Waals surface area contributed by atoms with E-state index in [0.29, 0.717) is 34.8 Å². The molecule has 1 heterocycles. The van der Waals surface area contributed by atoms with Crippen molar-refractivity contribution in [1.29, 1.82) is 0 Å². The van der Waals surface area contributed by atoms with Crippen LogP contribution in [-0.2, 0) is 0 Å². The molecule has 0 bridgehead atoms. The van der Waals surface area contributed by atoms with Crippen LogP contribution in [0.4, 0.5) is 0 Å². The molecule has 3 rings (SSSR count). The second-order valence-electron chi connectivity index (χ2n) is 4.70. The standard InChI is InChI=1S/C15H12BrCl2NO2/c16-12-7-14-13(20-1-2-21-14)6-11(12)15(19)8-3-9(17)5-10(18)4-8/h3-7,15H,1-2,19H2. The summed E-state index contributed by atoms with van der Waals surface area (Å²) >= 11 is 15.6. The monoisotopic (exact) mass is 387 g/mol. The van der Waals surface area contributed by atoms with Gasteiger partial charge in [0.1, 0.15) is 13.2 Å². The maximum absolute atomic E-state index is 6.34. The van der Waals surface area contributed by atoms with Gasteiger partial charge in [0, 0.05) is 14.5 Å². The summed E-state index contributed by atoms with van der Waals surface area (Å²) < 4.78 is 12.0. The van der Waals surface area contributed by atoms with E-state index in [0.717, 1.165) is 15.6 Å². The fraction of sp³-hybridized carbons (Fsp3) is 0.200. The number of hydrogen-bond acceptors (Lipinski definition) is 3. The highest BCUT2D eigenvalue weighted by molar-refractivity contribution is 9.10. The number of benzene rings is 2. The Bertz CT molecular complexity index is 673. The van der Waals surface area contributed by atoms with Crippen LogP contribution in [-0.4, -0.2) is 13.2 Å². The van der Waals surface area contributed by atoms with Gasteiger partial charge in [-0.1, -0.05) is 39.1 Å². The van der Waals surface area contributed by atoms with Gasteiger partial charge in [-0.25, -0.2) is 0 Å². The van der Waals surface area contributed by atoms with Gasteiger partial charge in [0.15, 0.2) is 11.5 Å². The molecule has 2 aromatic carbocycles. The predicted molar refractivity (Wildman–Crippen MR) is 87.6 cm³/mol. The van der Waals surface area contributed by atoms with Crippen molar-refractivity contribution in [3.8, 4) is 11.5 Å². The molecule has 0 aromatic heterocycles. The zero-order chi connectivity index (χ0) is 15.0. The fourth-order valence-electron chi connectivity index (χ4n) is 2.25. The van der Waals surface area contributed by atoms with Crippen LogP contribution in [0.3, 0.4) is 0 Å². The number of halogens is 3. The average molecular weight is 389 g/mol. The molecule has 1 aliphatic heterocycles. The molecule has 0 saturated heterocycles. The van der Waals surface area contributed by atoms with Crippen LogP contribution in [0, 0.1) is 0 Å². The van der Waals surface area contributed by atoms with Crippen LogP contribution >= 0.6 is 39.1 Å². The second-order valence-corrected chi connectivity index (χ2v) is 6.43.